The van der Waals surface area contributed by atoms with Crippen LogP contribution in [-0.2, 0) is 6.61 Å². The Labute approximate surface area is 124 Å². The Morgan fingerprint density at radius 3 is 2.58 bits per heavy atom. The van der Waals surface area contributed by atoms with Crippen LogP contribution in [0.15, 0.2) is 45.3 Å². The zero-order chi connectivity index (χ0) is 13.7. The van der Waals surface area contributed by atoms with Crippen molar-refractivity contribution in [3.05, 3.63) is 50.6 Å². The second-order valence-electron chi connectivity index (χ2n) is 3.91. The summed E-state index contributed by atoms with van der Waals surface area (Å²) in [6, 6.07) is 9.59. The van der Waals surface area contributed by atoms with Gasteiger partial charge in [-0.15, -0.1) is 11.3 Å². The normalized spacial score (nSPS) is 11.6. The van der Waals surface area contributed by atoms with Crippen molar-refractivity contribution in [2.24, 2.45) is 5.16 Å². The van der Waals surface area contributed by atoms with Crippen LogP contribution in [0.4, 0.5) is 0 Å². The molecule has 19 heavy (non-hydrogen) atoms. The first kappa shape index (κ1) is 14.1. The minimum atomic E-state index is 0.548. The highest BCUT2D eigenvalue weighted by molar-refractivity contribution is 9.10. The lowest BCUT2D eigenvalue weighted by molar-refractivity contribution is 0.309. The van der Waals surface area contributed by atoms with Gasteiger partial charge < -0.3 is 9.94 Å². The molecule has 0 aliphatic carbocycles. The standard InChI is InChI=1S/C14H14BrNO2S/c1-2-13(16-17)10-3-5-11(6-4-10)18-9-14-12(15)7-8-19-14/h3-8,17H,2,9H2,1H3/b16-13-. The molecule has 1 aromatic heterocycles. The summed E-state index contributed by atoms with van der Waals surface area (Å²) in [5.41, 5.74) is 1.59. The molecule has 0 fully saturated rings. The van der Waals surface area contributed by atoms with Gasteiger partial charge in [-0.05, 0) is 63.6 Å². The molecule has 0 bridgehead atoms. The van der Waals surface area contributed by atoms with Crippen LogP contribution in [0.2, 0.25) is 0 Å². The highest BCUT2D eigenvalue weighted by atomic mass is 79.9. The molecule has 0 aliphatic heterocycles. The molecular weight excluding hydrogens is 326 g/mol. The smallest absolute Gasteiger partial charge is 0.124 e. The molecule has 0 amide bonds. The molecule has 0 saturated carbocycles. The van der Waals surface area contributed by atoms with Gasteiger partial charge in [0, 0.05) is 4.47 Å². The Balaban J connectivity index is 2.01. The van der Waals surface area contributed by atoms with Crippen LogP contribution in [0.3, 0.4) is 0 Å². The Morgan fingerprint density at radius 2 is 2.05 bits per heavy atom. The van der Waals surface area contributed by atoms with Gasteiger partial charge in [0.15, 0.2) is 0 Å². The Bertz CT molecular complexity index is 563. The minimum Gasteiger partial charge on any atom is -0.488 e. The zero-order valence-corrected chi connectivity index (χ0v) is 12.9. The SMILES string of the molecule is CC/C(=N/O)c1ccc(OCc2sccc2Br)cc1. The van der Waals surface area contributed by atoms with E-state index >= 15 is 0 Å². The minimum absolute atomic E-state index is 0.548. The maximum atomic E-state index is 8.86. The number of oxime groups is 1. The van der Waals surface area contributed by atoms with Crippen molar-refractivity contribution in [1.29, 1.82) is 0 Å². The van der Waals surface area contributed by atoms with Gasteiger partial charge in [-0.25, -0.2) is 0 Å². The van der Waals surface area contributed by atoms with E-state index in [1.165, 1.54) is 0 Å². The van der Waals surface area contributed by atoms with Crippen molar-refractivity contribution >= 4 is 33.0 Å². The van der Waals surface area contributed by atoms with Crippen molar-refractivity contribution in [3.8, 4) is 5.75 Å². The van der Waals surface area contributed by atoms with E-state index in [2.05, 4.69) is 21.1 Å². The summed E-state index contributed by atoms with van der Waals surface area (Å²) in [5, 5.41) is 14.2. The molecule has 2 aromatic rings. The highest BCUT2D eigenvalue weighted by Gasteiger charge is 2.04. The lowest BCUT2D eigenvalue weighted by Crippen LogP contribution is -1.99. The van der Waals surface area contributed by atoms with Gasteiger partial charge in [0.05, 0.1) is 10.6 Å². The number of ether oxygens (including phenoxy) is 1. The summed E-state index contributed by atoms with van der Waals surface area (Å²) >= 11 is 5.14. The van der Waals surface area contributed by atoms with Crippen molar-refractivity contribution in [2.75, 3.05) is 0 Å². The maximum Gasteiger partial charge on any atom is 0.124 e. The molecule has 1 aromatic carbocycles. The second-order valence-corrected chi connectivity index (χ2v) is 5.76. The fraction of sp³-hybridized carbons (Fsp3) is 0.214. The van der Waals surface area contributed by atoms with Crippen LogP contribution in [0.1, 0.15) is 23.8 Å². The number of thiophene rings is 1. The summed E-state index contributed by atoms with van der Waals surface area (Å²) in [6.45, 7) is 2.50. The molecule has 0 spiro atoms. The largest absolute Gasteiger partial charge is 0.488 e. The van der Waals surface area contributed by atoms with E-state index in [9.17, 15) is 0 Å². The Hall–Kier alpha value is -1.33. The zero-order valence-electron chi connectivity index (χ0n) is 10.5. The van der Waals surface area contributed by atoms with E-state index in [-0.39, 0.29) is 0 Å². The van der Waals surface area contributed by atoms with Crippen molar-refractivity contribution in [1.82, 2.24) is 0 Å². The van der Waals surface area contributed by atoms with Crippen LogP contribution < -0.4 is 4.74 Å². The third-order valence-electron chi connectivity index (χ3n) is 2.70. The first-order valence-electron chi connectivity index (χ1n) is 5.90. The van der Waals surface area contributed by atoms with E-state index in [1.807, 2.05) is 42.6 Å². The Morgan fingerprint density at radius 1 is 1.32 bits per heavy atom. The predicted molar refractivity (Wildman–Crippen MR) is 81.4 cm³/mol. The molecule has 1 N–H and O–H groups in total. The van der Waals surface area contributed by atoms with E-state index in [0.29, 0.717) is 18.7 Å². The first-order chi connectivity index (χ1) is 9.24. The van der Waals surface area contributed by atoms with Gasteiger partial charge in [-0.2, -0.15) is 0 Å². The Kier molecular flexibility index (Phi) is 4.99. The topological polar surface area (TPSA) is 41.8 Å². The molecule has 2 rings (SSSR count). The molecule has 100 valence electrons. The fourth-order valence-electron chi connectivity index (χ4n) is 1.65. The predicted octanol–water partition coefficient (Wildman–Crippen LogP) is 4.68. The molecule has 5 heteroatoms. The average molecular weight is 340 g/mol. The molecule has 0 atom stereocenters. The number of hydrogen-bond donors (Lipinski definition) is 1. The van der Waals surface area contributed by atoms with Crippen LogP contribution >= 0.6 is 27.3 Å². The van der Waals surface area contributed by atoms with Gasteiger partial charge in [0.2, 0.25) is 0 Å². The van der Waals surface area contributed by atoms with Crippen molar-refractivity contribution in [3.63, 3.8) is 0 Å². The van der Waals surface area contributed by atoms with E-state index < -0.39 is 0 Å². The number of nitrogens with zero attached hydrogens (tertiary/aromatic N) is 1. The molecule has 0 radical (unpaired) electrons. The lowest BCUT2D eigenvalue weighted by atomic mass is 10.1. The number of hydrogen-bond acceptors (Lipinski definition) is 4. The van der Waals surface area contributed by atoms with E-state index in [4.69, 9.17) is 9.94 Å². The summed E-state index contributed by atoms with van der Waals surface area (Å²) in [5.74, 6) is 0.803. The van der Waals surface area contributed by atoms with Gasteiger partial charge >= 0.3 is 0 Å². The van der Waals surface area contributed by atoms with Crippen molar-refractivity contribution in [2.45, 2.75) is 20.0 Å². The highest BCUT2D eigenvalue weighted by Crippen LogP contribution is 2.24. The van der Waals surface area contributed by atoms with Gasteiger partial charge in [-0.1, -0.05) is 12.1 Å². The van der Waals surface area contributed by atoms with Crippen LogP contribution in [0.5, 0.6) is 5.75 Å². The van der Waals surface area contributed by atoms with Gasteiger partial charge in [-0.3, -0.25) is 0 Å². The van der Waals surface area contributed by atoms with Gasteiger partial charge in [0.1, 0.15) is 12.4 Å². The van der Waals surface area contributed by atoms with E-state index in [1.54, 1.807) is 11.3 Å². The average Bonchev–Trinajstić information content (AvgIpc) is 2.85. The molecule has 1 heterocycles. The number of rotatable bonds is 5. The quantitative estimate of drug-likeness (QED) is 0.488. The summed E-state index contributed by atoms with van der Waals surface area (Å²) < 4.78 is 6.79. The lowest BCUT2D eigenvalue weighted by Gasteiger charge is -2.07. The summed E-state index contributed by atoms with van der Waals surface area (Å²) in [7, 11) is 0. The molecule has 3 nitrogen and oxygen atoms in total. The molecular formula is C14H14BrNO2S. The molecule has 0 unspecified atom stereocenters. The van der Waals surface area contributed by atoms with Crippen molar-refractivity contribution < 1.29 is 9.94 Å². The number of benzene rings is 1. The fourth-order valence-corrected chi connectivity index (χ4v) is 3.03. The maximum absolute atomic E-state index is 8.86. The van der Waals surface area contributed by atoms with Gasteiger partial charge in [0.25, 0.3) is 0 Å². The van der Waals surface area contributed by atoms with E-state index in [0.717, 1.165) is 20.7 Å². The monoisotopic (exact) mass is 339 g/mol. The number of halogens is 1. The van der Waals surface area contributed by atoms with Crippen LogP contribution in [-0.4, -0.2) is 10.9 Å². The molecule has 0 aliphatic rings. The third kappa shape index (κ3) is 3.58. The third-order valence-corrected chi connectivity index (χ3v) is 4.60. The summed E-state index contributed by atoms with van der Waals surface area (Å²) in [4.78, 5) is 1.16. The summed E-state index contributed by atoms with van der Waals surface area (Å²) in [6.07, 6.45) is 0.693. The first-order valence-corrected chi connectivity index (χ1v) is 7.58. The van der Waals surface area contributed by atoms with Crippen LogP contribution in [0.25, 0.3) is 0 Å². The second kappa shape index (κ2) is 6.73. The molecule has 0 saturated heterocycles. The van der Waals surface area contributed by atoms with Crippen LogP contribution in [0, 0.1) is 0 Å².